The molecule has 0 radical (unpaired) electrons. The van der Waals surface area contributed by atoms with Crippen molar-refractivity contribution >= 4 is 29.1 Å². The zero-order chi connectivity index (χ0) is 18.0. The number of amides is 1. The molecule has 0 atom stereocenters. The van der Waals surface area contributed by atoms with E-state index in [1.165, 1.54) is 12.1 Å². The molecule has 3 rings (SSSR count). The monoisotopic (exact) mass is 355 g/mol. The number of carbonyl (C=O) groups excluding carboxylic acids is 1. The van der Waals surface area contributed by atoms with Crippen LogP contribution in [0.4, 0.5) is 16.0 Å². The molecule has 0 spiro atoms. The van der Waals surface area contributed by atoms with Crippen LogP contribution in [0, 0.1) is 12.7 Å². The average molecular weight is 356 g/mol. The standard InChI is InChI=1S/C19H15ClFN3O/c1-11-2-7-14(21)10-16(11)15-8-9-17(23-18(15)22)24-19(25)12-3-5-13(20)6-4-12/h2-10H,1H3,(H3,22,23,24,25). The minimum atomic E-state index is -0.347. The predicted octanol–water partition coefficient (Wildman–Crippen LogP) is 4.68. The Morgan fingerprint density at radius 2 is 1.80 bits per heavy atom. The van der Waals surface area contributed by atoms with E-state index in [4.69, 9.17) is 17.3 Å². The number of aromatic nitrogens is 1. The topological polar surface area (TPSA) is 68.0 Å². The summed E-state index contributed by atoms with van der Waals surface area (Å²) in [5.74, 6) is -0.142. The van der Waals surface area contributed by atoms with Crippen LogP contribution in [0.5, 0.6) is 0 Å². The van der Waals surface area contributed by atoms with Crippen LogP contribution < -0.4 is 11.1 Å². The molecule has 0 bridgehead atoms. The lowest BCUT2D eigenvalue weighted by molar-refractivity contribution is 0.102. The van der Waals surface area contributed by atoms with Gasteiger partial charge in [-0.3, -0.25) is 4.79 Å². The number of carbonyl (C=O) groups is 1. The number of nitrogen functional groups attached to an aromatic ring is 1. The summed E-state index contributed by atoms with van der Waals surface area (Å²) in [5, 5.41) is 3.23. The van der Waals surface area contributed by atoms with Crippen molar-refractivity contribution in [2.45, 2.75) is 6.92 Å². The smallest absolute Gasteiger partial charge is 0.256 e. The Morgan fingerprint density at radius 3 is 2.48 bits per heavy atom. The number of aryl methyl sites for hydroxylation is 1. The van der Waals surface area contributed by atoms with Crippen LogP contribution >= 0.6 is 11.6 Å². The number of benzene rings is 2. The number of rotatable bonds is 3. The van der Waals surface area contributed by atoms with Gasteiger partial charge in [-0.2, -0.15) is 0 Å². The van der Waals surface area contributed by atoms with Crippen molar-refractivity contribution in [3.8, 4) is 11.1 Å². The quantitative estimate of drug-likeness (QED) is 0.716. The van der Waals surface area contributed by atoms with E-state index >= 15 is 0 Å². The van der Waals surface area contributed by atoms with E-state index < -0.39 is 0 Å². The Labute approximate surface area is 149 Å². The number of pyridine rings is 1. The molecular weight excluding hydrogens is 341 g/mol. The lowest BCUT2D eigenvalue weighted by Gasteiger charge is -2.11. The van der Waals surface area contributed by atoms with Gasteiger partial charge >= 0.3 is 0 Å². The molecule has 3 aromatic rings. The third-order valence-corrected chi connectivity index (χ3v) is 4.01. The van der Waals surface area contributed by atoms with Gasteiger partial charge in [0.05, 0.1) is 0 Å². The Hall–Kier alpha value is -2.92. The summed E-state index contributed by atoms with van der Waals surface area (Å²) < 4.78 is 13.5. The molecule has 25 heavy (non-hydrogen) atoms. The van der Waals surface area contributed by atoms with Crippen LogP contribution in [-0.4, -0.2) is 10.9 Å². The van der Waals surface area contributed by atoms with Gasteiger partial charge in [0, 0.05) is 16.1 Å². The van der Waals surface area contributed by atoms with Crippen LogP contribution in [0.1, 0.15) is 15.9 Å². The van der Waals surface area contributed by atoms with E-state index in [2.05, 4.69) is 10.3 Å². The molecule has 1 heterocycles. The Kier molecular flexibility index (Phi) is 4.67. The largest absolute Gasteiger partial charge is 0.383 e. The molecule has 0 saturated heterocycles. The molecule has 0 unspecified atom stereocenters. The number of nitrogens with two attached hydrogens (primary N) is 1. The van der Waals surface area contributed by atoms with Crippen molar-refractivity contribution in [3.05, 3.63) is 76.6 Å². The Balaban J connectivity index is 1.86. The highest BCUT2D eigenvalue weighted by atomic mass is 35.5. The van der Waals surface area contributed by atoms with Gasteiger partial charge in [-0.15, -0.1) is 0 Å². The van der Waals surface area contributed by atoms with Gasteiger partial charge in [-0.05, 0) is 66.6 Å². The Bertz CT molecular complexity index is 942. The van der Waals surface area contributed by atoms with Gasteiger partial charge in [0.1, 0.15) is 17.5 Å². The van der Waals surface area contributed by atoms with Crippen molar-refractivity contribution in [2.24, 2.45) is 0 Å². The minimum absolute atomic E-state index is 0.211. The lowest BCUT2D eigenvalue weighted by atomic mass is 10.0. The predicted molar refractivity (Wildman–Crippen MR) is 98.2 cm³/mol. The highest BCUT2D eigenvalue weighted by Gasteiger charge is 2.11. The van der Waals surface area contributed by atoms with Crippen LogP contribution in [0.3, 0.4) is 0 Å². The molecule has 3 N–H and O–H groups in total. The molecule has 2 aromatic carbocycles. The summed E-state index contributed by atoms with van der Waals surface area (Å²) in [4.78, 5) is 16.4. The number of hydrogen-bond acceptors (Lipinski definition) is 3. The summed E-state index contributed by atoms with van der Waals surface area (Å²) in [7, 11) is 0. The van der Waals surface area contributed by atoms with Gasteiger partial charge < -0.3 is 11.1 Å². The highest BCUT2D eigenvalue weighted by molar-refractivity contribution is 6.30. The number of nitrogens with zero attached hydrogens (tertiary/aromatic N) is 1. The first-order valence-corrected chi connectivity index (χ1v) is 7.92. The summed E-state index contributed by atoms with van der Waals surface area (Å²) in [6.45, 7) is 1.87. The van der Waals surface area contributed by atoms with Crippen LogP contribution in [0.15, 0.2) is 54.6 Å². The molecule has 1 amide bonds. The van der Waals surface area contributed by atoms with Gasteiger partial charge in [0.2, 0.25) is 0 Å². The maximum Gasteiger partial charge on any atom is 0.256 e. The fourth-order valence-electron chi connectivity index (χ4n) is 2.45. The van der Waals surface area contributed by atoms with Gasteiger partial charge in [-0.1, -0.05) is 17.7 Å². The maximum absolute atomic E-state index is 13.5. The molecule has 126 valence electrons. The van der Waals surface area contributed by atoms with Crippen LogP contribution in [0.25, 0.3) is 11.1 Å². The fraction of sp³-hybridized carbons (Fsp3) is 0.0526. The van der Waals surface area contributed by atoms with E-state index in [0.717, 1.165) is 5.56 Å². The molecule has 4 nitrogen and oxygen atoms in total. The SMILES string of the molecule is Cc1ccc(F)cc1-c1ccc(NC(=O)c2ccc(Cl)cc2)nc1N. The zero-order valence-corrected chi connectivity index (χ0v) is 14.1. The lowest BCUT2D eigenvalue weighted by Crippen LogP contribution is -2.13. The first-order valence-electron chi connectivity index (χ1n) is 7.54. The summed E-state index contributed by atoms with van der Waals surface area (Å²) in [5.41, 5.74) is 8.62. The van der Waals surface area contributed by atoms with Crippen molar-refractivity contribution < 1.29 is 9.18 Å². The van der Waals surface area contributed by atoms with Crippen LogP contribution in [0.2, 0.25) is 5.02 Å². The number of nitrogens with one attached hydrogen (secondary N) is 1. The van der Waals surface area contributed by atoms with E-state index in [1.54, 1.807) is 42.5 Å². The normalized spacial score (nSPS) is 10.5. The zero-order valence-electron chi connectivity index (χ0n) is 13.4. The number of hydrogen-bond donors (Lipinski definition) is 2. The van der Waals surface area contributed by atoms with Crippen LogP contribution in [-0.2, 0) is 0 Å². The minimum Gasteiger partial charge on any atom is -0.383 e. The van der Waals surface area contributed by atoms with E-state index in [1.807, 2.05) is 6.92 Å². The van der Waals surface area contributed by atoms with Crippen molar-refractivity contribution in [3.63, 3.8) is 0 Å². The summed E-state index contributed by atoms with van der Waals surface area (Å²) in [6.07, 6.45) is 0. The van der Waals surface area contributed by atoms with Gasteiger partial charge in [0.15, 0.2) is 0 Å². The first kappa shape index (κ1) is 16.9. The third-order valence-electron chi connectivity index (χ3n) is 3.76. The molecule has 0 aliphatic heterocycles. The molecule has 6 heteroatoms. The van der Waals surface area contributed by atoms with Crippen molar-refractivity contribution in [1.29, 1.82) is 0 Å². The Morgan fingerprint density at radius 1 is 1.08 bits per heavy atom. The fourth-order valence-corrected chi connectivity index (χ4v) is 2.57. The molecule has 0 aliphatic carbocycles. The van der Waals surface area contributed by atoms with Crippen molar-refractivity contribution in [1.82, 2.24) is 4.98 Å². The number of anilines is 2. The number of halogens is 2. The highest BCUT2D eigenvalue weighted by Crippen LogP contribution is 2.29. The van der Waals surface area contributed by atoms with E-state index in [-0.39, 0.29) is 17.5 Å². The summed E-state index contributed by atoms with van der Waals surface area (Å²) in [6, 6.07) is 14.3. The second kappa shape index (κ2) is 6.91. The second-order valence-electron chi connectivity index (χ2n) is 5.55. The maximum atomic E-state index is 13.5. The molecule has 0 aliphatic rings. The van der Waals surface area contributed by atoms with Gasteiger partial charge in [0.25, 0.3) is 5.91 Å². The van der Waals surface area contributed by atoms with E-state index in [0.29, 0.717) is 27.5 Å². The van der Waals surface area contributed by atoms with Gasteiger partial charge in [-0.25, -0.2) is 9.37 Å². The molecule has 1 aromatic heterocycles. The summed E-state index contributed by atoms with van der Waals surface area (Å²) >= 11 is 5.81. The first-order chi connectivity index (χ1) is 11.9. The second-order valence-corrected chi connectivity index (χ2v) is 5.99. The van der Waals surface area contributed by atoms with Crippen molar-refractivity contribution in [2.75, 3.05) is 11.1 Å². The third kappa shape index (κ3) is 3.78. The average Bonchev–Trinajstić information content (AvgIpc) is 2.58. The molecule has 0 fully saturated rings. The van der Waals surface area contributed by atoms with E-state index in [9.17, 15) is 9.18 Å². The molecule has 0 saturated carbocycles. The molecular formula is C19H15ClFN3O.